The first-order chi connectivity index (χ1) is 4.75. The van der Waals surface area contributed by atoms with E-state index in [4.69, 9.17) is 10.8 Å². The Morgan fingerprint density at radius 2 is 2.40 bits per heavy atom. The fourth-order valence-electron chi connectivity index (χ4n) is 1.16. The summed E-state index contributed by atoms with van der Waals surface area (Å²) in [5.41, 5.74) is 6.86. The summed E-state index contributed by atoms with van der Waals surface area (Å²) < 4.78 is 0. The van der Waals surface area contributed by atoms with Gasteiger partial charge in [0, 0.05) is 12.0 Å². The SMILES string of the molecule is CC1=CC=C[C@H](N)C1CO. The molecule has 1 unspecified atom stereocenters. The second-order valence-electron chi connectivity index (χ2n) is 2.66. The van der Waals surface area contributed by atoms with Crippen LogP contribution in [0.15, 0.2) is 23.8 Å². The van der Waals surface area contributed by atoms with Crippen molar-refractivity contribution < 1.29 is 5.11 Å². The second kappa shape index (κ2) is 2.99. The Bertz CT molecular complexity index is 172. The van der Waals surface area contributed by atoms with E-state index in [1.807, 2.05) is 25.2 Å². The summed E-state index contributed by atoms with van der Waals surface area (Å²) in [4.78, 5) is 0. The van der Waals surface area contributed by atoms with E-state index >= 15 is 0 Å². The summed E-state index contributed by atoms with van der Waals surface area (Å²) in [5.74, 6) is 0.130. The second-order valence-corrected chi connectivity index (χ2v) is 2.66. The van der Waals surface area contributed by atoms with Gasteiger partial charge in [0.15, 0.2) is 0 Å². The molecule has 0 aromatic carbocycles. The number of nitrogens with two attached hydrogens (primary N) is 1. The van der Waals surface area contributed by atoms with Gasteiger partial charge in [0.05, 0.1) is 6.61 Å². The van der Waals surface area contributed by atoms with Crippen LogP contribution in [0.2, 0.25) is 0 Å². The third-order valence-electron chi connectivity index (χ3n) is 1.94. The van der Waals surface area contributed by atoms with E-state index in [9.17, 15) is 0 Å². The minimum Gasteiger partial charge on any atom is -0.396 e. The highest BCUT2D eigenvalue weighted by Crippen LogP contribution is 2.17. The summed E-state index contributed by atoms with van der Waals surface area (Å²) in [7, 11) is 0. The van der Waals surface area contributed by atoms with Gasteiger partial charge in [-0.2, -0.15) is 0 Å². The fraction of sp³-hybridized carbons (Fsp3) is 0.500. The maximum absolute atomic E-state index is 8.88. The molecule has 0 amide bonds. The molecule has 0 saturated heterocycles. The summed E-state index contributed by atoms with van der Waals surface area (Å²) in [5, 5.41) is 8.88. The number of rotatable bonds is 1. The Morgan fingerprint density at radius 3 is 2.80 bits per heavy atom. The highest BCUT2D eigenvalue weighted by molar-refractivity contribution is 5.23. The Labute approximate surface area is 61.0 Å². The standard InChI is InChI=1S/C8H13NO/c1-6-3-2-4-8(9)7(6)5-10/h2-4,7-8,10H,5,9H2,1H3/t7?,8-/m0/s1. The molecular weight excluding hydrogens is 126 g/mol. The Balaban J connectivity index is 2.71. The van der Waals surface area contributed by atoms with Crippen LogP contribution in [0.3, 0.4) is 0 Å². The Morgan fingerprint density at radius 1 is 1.70 bits per heavy atom. The summed E-state index contributed by atoms with van der Waals surface area (Å²) in [6, 6.07) is -0.00463. The number of hydrogen-bond donors (Lipinski definition) is 2. The highest BCUT2D eigenvalue weighted by Gasteiger charge is 2.17. The molecule has 0 aliphatic heterocycles. The zero-order valence-corrected chi connectivity index (χ0v) is 6.12. The van der Waals surface area contributed by atoms with Gasteiger partial charge in [-0.25, -0.2) is 0 Å². The van der Waals surface area contributed by atoms with Crippen LogP contribution in [-0.2, 0) is 0 Å². The summed E-state index contributed by atoms with van der Waals surface area (Å²) in [6.45, 7) is 2.14. The predicted molar refractivity (Wildman–Crippen MR) is 41.4 cm³/mol. The van der Waals surface area contributed by atoms with Crippen molar-refractivity contribution in [3.8, 4) is 0 Å². The highest BCUT2D eigenvalue weighted by atomic mass is 16.3. The van der Waals surface area contributed by atoms with E-state index in [0.29, 0.717) is 0 Å². The van der Waals surface area contributed by atoms with Crippen molar-refractivity contribution in [2.24, 2.45) is 11.7 Å². The normalized spacial score (nSPS) is 32.1. The van der Waals surface area contributed by atoms with Crippen molar-refractivity contribution in [2.45, 2.75) is 13.0 Å². The van der Waals surface area contributed by atoms with Crippen molar-refractivity contribution >= 4 is 0 Å². The van der Waals surface area contributed by atoms with Crippen molar-refractivity contribution in [1.29, 1.82) is 0 Å². The average Bonchev–Trinajstić information content (AvgIpc) is 1.88. The molecule has 2 nitrogen and oxygen atoms in total. The lowest BCUT2D eigenvalue weighted by molar-refractivity contribution is 0.236. The van der Waals surface area contributed by atoms with Crippen molar-refractivity contribution in [2.75, 3.05) is 6.61 Å². The van der Waals surface area contributed by atoms with Gasteiger partial charge in [-0.1, -0.05) is 23.8 Å². The van der Waals surface area contributed by atoms with Crippen LogP contribution in [0.4, 0.5) is 0 Å². The quantitative estimate of drug-likeness (QED) is 0.553. The molecule has 1 aliphatic rings. The molecule has 1 rings (SSSR count). The molecule has 0 heterocycles. The van der Waals surface area contributed by atoms with Crippen molar-refractivity contribution in [3.05, 3.63) is 23.8 Å². The van der Waals surface area contributed by atoms with E-state index in [0.717, 1.165) is 5.57 Å². The maximum Gasteiger partial charge on any atom is 0.0514 e. The smallest absolute Gasteiger partial charge is 0.0514 e. The molecule has 0 aromatic heterocycles. The monoisotopic (exact) mass is 139 g/mol. The largest absolute Gasteiger partial charge is 0.396 e. The first kappa shape index (κ1) is 7.51. The van der Waals surface area contributed by atoms with Crippen LogP contribution < -0.4 is 5.73 Å². The van der Waals surface area contributed by atoms with E-state index in [1.165, 1.54) is 0 Å². The van der Waals surface area contributed by atoms with Crippen molar-refractivity contribution in [1.82, 2.24) is 0 Å². The van der Waals surface area contributed by atoms with E-state index in [2.05, 4.69) is 0 Å². The van der Waals surface area contributed by atoms with Crippen LogP contribution in [0.25, 0.3) is 0 Å². The lowest BCUT2D eigenvalue weighted by Gasteiger charge is -2.22. The van der Waals surface area contributed by atoms with Crippen LogP contribution in [0, 0.1) is 5.92 Å². The van der Waals surface area contributed by atoms with Crippen LogP contribution in [0.1, 0.15) is 6.92 Å². The van der Waals surface area contributed by atoms with Gasteiger partial charge in [0.25, 0.3) is 0 Å². The molecule has 0 radical (unpaired) electrons. The minimum absolute atomic E-state index is 0.00463. The van der Waals surface area contributed by atoms with E-state index < -0.39 is 0 Å². The molecule has 2 heteroatoms. The van der Waals surface area contributed by atoms with E-state index in [-0.39, 0.29) is 18.6 Å². The third kappa shape index (κ3) is 1.28. The molecular formula is C8H13NO. The van der Waals surface area contributed by atoms with Gasteiger partial charge in [-0.3, -0.25) is 0 Å². The molecule has 2 atom stereocenters. The Kier molecular flexibility index (Phi) is 2.25. The van der Waals surface area contributed by atoms with Gasteiger partial charge in [-0.05, 0) is 6.92 Å². The van der Waals surface area contributed by atoms with Gasteiger partial charge < -0.3 is 10.8 Å². The lowest BCUT2D eigenvalue weighted by Crippen LogP contribution is -2.32. The molecule has 0 bridgehead atoms. The number of aliphatic hydroxyl groups is 1. The van der Waals surface area contributed by atoms with Gasteiger partial charge >= 0.3 is 0 Å². The first-order valence-electron chi connectivity index (χ1n) is 3.47. The van der Waals surface area contributed by atoms with Gasteiger partial charge in [0.1, 0.15) is 0 Å². The molecule has 0 fully saturated rings. The maximum atomic E-state index is 8.88. The van der Waals surface area contributed by atoms with E-state index in [1.54, 1.807) is 0 Å². The van der Waals surface area contributed by atoms with Crippen LogP contribution >= 0.6 is 0 Å². The molecule has 3 N–H and O–H groups in total. The summed E-state index contributed by atoms with van der Waals surface area (Å²) in [6.07, 6.45) is 5.84. The topological polar surface area (TPSA) is 46.2 Å². The third-order valence-corrected chi connectivity index (χ3v) is 1.94. The number of allylic oxidation sites excluding steroid dienone is 2. The fourth-order valence-corrected chi connectivity index (χ4v) is 1.16. The summed E-state index contributed by atoms with van der Waals surface area (Å²) >= 11 is 0. The van der Waals surface area contributed by atoms with Crippen LogP contribution in [0.5, 0.6) is 0 Å². The van der Waals surface area contributed by atoms with Gasteiger partial charge in [-0.15, -0.1) is 0 Å². The van der Waals surface area contributed by atoms with Crippen LogP contribution in [-0.4, -0.2) is 17.8 Å². The molecule has 0 saturated carbocycles. The molecule has 1 aliphatic carbocycles. The van der Waals surface area contributed by atoms with Crippen molar-refractivity contribution in [3.63, 3.8) is 0 Å². The predicted octanol–water partition coefficient (Wildman–Crippen LogP) is 0.438. The molecule has 10 heavy (non-hydrogen) atoms. The van der Waals surface area contributed by atoms with Gasteiger partial charge in [0.2, 0.25) is 0 Å². The zero-order valence-electron chi connectivity index (χ0n) is 6.12. The minimum atomic E-state index is -0.00463. The molecule has 56 valence electrons. The number of aliphatic hydroxyl groups excluding tert-OH is 1. The first-order valence-corrected chi connectivity index (χ1v) is 3.47. The molecule has 0 spiro atoms. The zero-order chi connectivity index (χ0) is 7.56. The molecule has 0 aromatic rings. The Hall–Kier alpha value is -0.600. The average molecular weight is 139 g/mol. The number of hydrogen-bond acceptors (Lipinski definition) is 2. The lowest BCUT2D eigenvalue weighted by atomic mass is 9.90.